The first-order chi connectivity index (χ1) is 15.2. The molecule has 0 saturated carbocycles. The van der Waals surface area contributed by atoms with Gasteiger partial charge in [-0.1, -0.05) is 30.3 Å². The number of sulfone groups is 1. The molecule has 2 heterocycles. The summed E-state index contributed by atoms with van der Waals surface area (Å²) in [6, 6.07) is 16.1. The normalized spacial score (nSPS) is 17.5. The van der Waals surface area contributed by atoms with E-state index in [1.165, 1.54) is 6.07 Å². The van der Waals surface area contributed by atoms with Crippen molar-refractivity contribution < 1.29 is 21.6 Å². The summed E-state index contributed by atoms with van der Waals surface area (Å²) in [5.41, 5.74) is 2.38. The molecule has 1 aliphatic rings. The third-order valence-electron chi connectivity index (χ3n) is 5.72. The average Bonchev–Trinajstić information content (AvgIpc) is 3.20. The smallest absolute Gasteiger partial charge is 0.299 e. The molecular formula is C24H23F3N2O2S. The lowest BCUT2D eigenvalue weighted by atomic mass is 10.1. The van der Waals surface area contributed by atoms with Gasteiger partial charge in [0.1, 0.15) is 0 Å². The lowest BCUT2D eigenvalue weighted by Crippen LogP contribution is -2.23. The van der Waals surface area contributed by atoms with E-state index in [1.807, 2.05) is 12.1 Å². The molecule has 1 aliphatic heterocycles. The van der Waals surface area contributed by atoms with E-state index in [1.54, 1.807) is 12.4 Å². The highest BCUT2D eigenvalue weighted by atomic mass is 32.2. The fraction of sp³-hybridized carbons (Fsp3) is 0.292. The van der Waals surface area contributed by atoms with Crippen molar-refractivity contribution in [3.63, 3.8) is 0 Å². The van der Waals surface area contributed by atoms with Crippen LogP contribution < -0.4 is 0 Å². The maximum Gasteiger partial charge on any atom is 0.416 e. The van der Waals surface area contributed by atoms with Crippen LogP contribution in [0.3, 0.4) is 0 Å². The van der Waals surface area contributed by atoms with Crippen molar-refractivity contribution in [2.24, 2.45) is 5.92 Å². The van der Waals surface area contributed by atoms with E-state index in [2.05, 4.69) is 34.1 Å². The molecule has 0 N–H and O–H groups in total. The number of aromatic nitrogens is 1. The second kappa shape index (κ2) is 9.03. The van der Waals surface area contributed by atoms with Crippen LogP contribution in [0.1, 0.15) is 17.5 Å². The minimum atomic E-state index is -4.57. The molecule has 32 heavy (non-hydrogen) atoms. The SMILES string of the molecule is O=S(=O)(C[C@@H]1CCN(Cc2ccc(-c3ccncc3)cc2)C1)c1cccc(C(F)(F)F)c1. The molecule has 1 aromatic heterocycles. The van der Waals surface area contributed by atoms with Crippen LogP contribution in [-0.4, -0.2) is 37.1 Å². The number of rotatable bonds is 6. The molecule has 1 atom stereocenters. The maximum atomic E-state index is 12.9. The van der Waals surface area contributed by atoms with Crippen LogP contribution in [0.4, 0.5) is 13.2 Å². The Morgan fingerprint density at radius 1 is 0.969 bits per heavy atom. The van der Waals surface area contributed by atoms with Crippen molar-refractivity contribution in [3.05, 3.63) is 84.2 Å². The lowest BCUT2D eigenvalue weighted by Gasteiger charge is -2.17. The quantitative estimate of drug-likeness (QED) is 0.516. The lowest BCUT2D eigenvalue weighted by molar-refractivity contribution is -0.137. The summed E-state index contributed by atoms with van der Waals surface area (Å²) >= 11 is 0. The third-order valence-corrected chi connectivity index (χ3v) is 7.60. The molecule has 1 saturated heterocycles. The zero-order valence-corrected chi connectivity index (χ0v) is 18.1. The Morgan fingerprint density at radius 3 is 2.34 bits per heavy atom. The predicted octanol–water partition coefficient (Wildman–Crippen LogP) is 5.06. The van der Waals surface area contributed by atoms with E-state index in [9.17, 15) is 21.6 Å². The zero-order chi connectivity index (χ0) is 22.8. The van der Waals surface area contributed by atoms with E-state index in [0.717, 1.165) is 41.4 Å². The fourth-order valence-electron chi connectivity index (χ4n) is 4.07. The van der Waals surface area contributed by atoms with E-state index in [-0.39, 0.29) is 16.6 Å². The highest BCUT2D eigenvalue weighted by molar-refractivity contribution is 7.91. The van der Waals surface area contributed by atoms with Crippen molar-refractivity contribution in [3.8, 4) is 11.1 Å². The van der Waals surface area contributed by atoms with Crippen LogP contribution in [0, 0.1) is 5.92 Å². The van der Waals surface area contributed by atoms with Crippen molar-refractivity contribution in [1.29, 1.82) is 0 Å². The fourth-order valence-corrected chi connectivity index (χ4v) is 5.75. The highest BCUT2D eigenvalue weighted by Crippen LogP contribution is 2.31. The van der Waals surface area contributed by atoms with Gasteiger partial charge >= 0.3 is 6.18 Å². The van der Waals surface area contributed by atoms with E-state index in [4.69, 9.17) is 0 Å². The number of pyridine rings is 1. The molecule has 1 fully saturated rings. The first-order valence-corrected chi connectivity index (χ1v) is 12.0. The van der Waals surface area contributed by atoms with E-state index < -0.39 is 21.6 Å². The van der Waals surface area contributed by atoms with Crippen LogP contribution in [0.25, 0.3) is 11.1 Å². The van der Waals surface area contributed by atoms with Crippen LogP contribution >= 0.6 is 0 Å². The third kappa shape index (κ3) is 5.37. The molecule has 0 radical (unpaired) electrons. The van der Waals surface area contributed by atoms with Crippen LogP contribution in [0.15, 0.2) is 78.0 Å². The number of hydrogen-bond acceptors (Lipinski definition) is 4. The van der Waals surface area contributed by atoms with Crippen molar-refractivity contribution in [2.45, 2.75) is 24.0 Å². The number of nitrogens with zero attached hydrogens (tertiary/aromatic N) is 2. The van der Waals surface area contributed by atoms with E-state index in [0.29, 0.717) is 19.5 Å². The van der Waals surface area contributed by atoms with Gasteiger partial charge in [-0.3, -0.25) is 9.88 Å². The predicted molar refractivity (Wildman–Crippen MR) is 117 cm³/mol. The average molecular weight is 461 g/mol. The number of benzene rings is 2. The van der Waals surface area contributed by atoms with Gasteiger partial charge in [0.15, 0.2) is 9.84 Å². The van der Waals surface area contributed by atoms with Gasteiger partial charge in [-0.2, -0.15) is 13.2 Å². The maximum absolute atomic E-state index is 12.9. The molecule has 0 aliphatic carbocycles. The zero-order valence-electron chi connectivity index (χ0n) is 17.3. The molecule has 0 spiro atoms. The summed E-state index contributed by atoms with van der Waals surface area (Å²) < 4.78 is 64.2. The van der Waals surface area contributed by atoms with Gasteiger partial charge in [-0.05, 0) is 65.9 Å². The minimum absolute atomic E-state index is 0.106. The van der Waals surface area contributed by atoms with E-state index >= 15 is 0 Å². The summed E-state index contributed by atoms with van der Waals surface area (Å²) in [6.07, 6.45) is -0.363. The van der Waals surface area contributed by atoms with Gasteiger partial charge in [0, 0.05) is 25.5 Å². The van der Waals surface area contributed by atoms with Crippen LogP contribution in [0.2, 0.25) is 0 Å². The van der Waals surface area contributed by atoms with Crippen molar-refractivity contribution >= 4 is 9.84 Å². The molecule has 0 unspecified atom stereocenters. The Hall–Kier alpha value is -2.71. The van der Waals surface area contributed by atoms with Gasteiger partial charge in [-0.25, -0.2) is 8.42 Å². The van der Waals surface area contributed by atoms with Gasteiger partial charge in [0.2, 0.25) is 0 Å². The second-order valence-electron chi connectivity index (χ2n) is 8.13. The van der Waals surface area contributed by atoms with Gasteiger partial charge in [-0.15, -0.1) is 0 Å². The Bertz CT molecular complexity index is 1160. The Kier molecular flexibility index (Phi) is 6.35. The minimum Gasteiger partial charge on any atom is -0.299 e. The molecule has 168 valence electrons. The molecular weight excluding hydrogens is 437 g/mol. The molecule has 4 rings (SSSR count). The number of likely N-dealkylation sites (tertiary alicyclic amines) is 1. The number of hydrogen-bond donors (Lipinski definition) is 0. The molecule has 8 heteroatoms. The van der Waals surface area contributed by atoms with Gasteiger partial charge < -0.3 is 0 Å². The Labute approximate surface area is 185 Å². The summed E-state index contributed by atoms with van der Waals surface area (Å²) in [6.45, 7) is 2.07. The van der Waals surface area contributed by atoms with Crippen molar-refractivity contribution in [1.82, 2.24) is 9.88 Å². The Balaban J connectivity index is 1.37. The number of alkyl halides is 3. The van der Waals surface area contributed by atoms with Crippen molar-refractivity contribution in [2.75, 3.05) is 18.8 Å². The highest BCUT2D eigenvalue weighted by Gasteiger charge is 2.33. The monoisotopic (exact) mass is 460 g/mol. The molecule has 3 aromatic rings. The standard InChI is InChI=1S/C24H23F3N2O2S/c25-24(26,27)22-2-1-3-23(14-22)32(30,31)17-19-10-13-29(16-19)15-18-4-6-20(7-5-18)21-8-11-28-12-9-21/h1-9,11-12,14,19H,10,13,15-17H2/t19-/m1/s1. The summed E-state index contributed by atoms with van der Waals surface area (Å²) in [4.78, 5) is 5.95. The van der Waals surface area contributed by atoms with Crippen LogP contribution in [0.5, 0.6) is 0 Å². The topological polar surface area (TPSA) is 50.3 Å². The largest absolute Gasteiger partial charge is 0.416 e. The first-order valence-electron chi connectivity index (χ1n) is 10.3. The molecule has 2 aromatic carbocycles. The number of halogens is 3. The van der Waals surface area contributed by atoms with Crippen LogP contribution in [-0.2, 0) is 22.6 Å². The molecule has 0 amide bonds. The summed E-state index contributed by atoms with van der Waals surface area (Å²) in [5, 5.41) is 0. The Morgan fingerprint density at radius 2 is 1.66 bits per heavy atom. The first kappa shape index (κ1) is 22.5. The molecule has 0 bridgehead atoms. The summed E-state index contributed by atoms with van der Waals surface area (Å²) in [7, 11) is -3.79. The van der Waals surface area contributed by atoms with Gasteiger partial charge in [0.25, 0.3) is 0 Å². The molecule has 4 nitrogen and oxygen atoms in total. The summed E-state index contributed by atoms with van der Waals surface area (Å²) in [5.74, 6) is -0.253. The second-order valence-corrected chi connectivity index (χ2v) is 10.2. The van der Waals surface area contributed by atoms with Gasteiger partial charge in [0.05, 0.1) is 16.2 Å².